The summed E-state index contributed by atoms with van der Waals surface area (Å²) in [5.41, 5.74) is -1.67. The SMILES string of the molecule is COCCn1cc(-c2ccc(S(=O)(=O)[C@@H]3C[C@H](OC)[C@@H](C(=O)NC4(C#N)CC4)C3)c(C(F)(F)F)c2)cn1. The number of rotatable bonds is 9. The van der Waals surface area contributed by atoms with Crippen LogP contribution in [0.3, 0.4) is 0 Å². The minimum atomic E-state index is -4.94. The highest BCUT2D eigenvalue weighted by Crippen LogP contribution is 2.43. The van der Waals surface area contributed by atoms with E-state index in [0.29, 0.717) is 31.6 Å². The first-order valence-corrected chi connectivity index (χ1v) is 13.2. The molecular formula is C24H27F3N4O5S. The van der Waals surface area contributed by atoms with Crippen molar-refractivity contribution in [1.82, 2.24) is 15.1 Å². The van der Waals surface area contributed by atoms with E-state index in [-0.39, 0.29) is 18.4 Å². The van der Waals surface area contributed by atoms with Crippen molar-refractivity contribution in [2.75, 3.05) is 20.8 Å². The van der Waals surface area contributed by atoms with Gasteiger partial charge in [-0.1, -0.05) is 6.07 Å². The largest absolute Gasteiger partial charge is 0.417 e. The van der Waals surface area contributed by atoms with Crippen molar-refractivity contribution in [2.24, 2.45) is 5.92 Å². The molecule has 2 saturated carbocycles. The topological polar surface area (TPSA) is 123 Å². The lowest BCUT2D eigenvalue weighted by Gasteiger charge is -2.19. The number of sulfone groups is 1. The Balaban J connectivity index is 1.62. The van der Waals surface area contributed by atoms with Gasteiger partial charge in [0.2, 0.25) is 5.91 Å². The van der Waals surface area contributed by atoms with Gasteiger partial charge < -0.3 is 14.8 Å². The molecule has 0 saturated heterocycles. The molecule has 1 aromatic heterocycles. The van der Waals surface area contributed by atoms with Crippen LogP contribution >= 0.6 is 0 Å². The summed E-state index contributed by atoms with van der Waals surface area (Å²) in [5.74, 6) is -1.43. The zero-order valence-electron chi connectivity index (χ0n) is 20.3. The Morgan fingerprint density at radius 2 is 2.00 bits per heavy atom. The molecule has 200 valence electrons. The zero-order chi connectivity index (χ0) is 27.0. The molecule has 1 amide bonds. The molecule has 0 spiro atoms. The summed E-state index contributed by atoms with van der Waals surface area (Å²) in [6, 6.07) is 5.12. The van der Waals surface area contributed by atoms with E-state index in [0.717, 1.165) is 12.1 Å². The Kier molecular flexibility index (Phi) is 7.38. The third kappa shape index (κ3) is 5.51. The van der Waals surface area contributed by atoms with Gasteiger partial charge in [-0.2, -0.15) is 23.5 Å². The van der Waals surface area contributed by atoms with Gasteiger partial charge in [0.05, 0.1) is 53.1 Å². The van der Waals surface area contributed by atoms with Gasteiger partial charge in [0.25, 0.3) is 0 Å². The lowest BCUT2D eigenvalue weighted by atomic mass is 10.0. The monoisotopic (exact) mass is 540 g/mol. The van der Waals surface area contributed by atoms with E-state index in [1.165, 1.54) is 31.2 Å². The number of hydrogen-bond donors (Lipinski definition) is 1. The lowest BCUT2D eigenvalue weighted by Crippen LogP contribution is -2.42. The summed E-state index contributed by atoms with van der Waals surface area (Å²) in [5, 5.41) is 14.7. The molecule has 2 aromatic rings. The van der Waals surface area contributed by atoms with Crippen molar-refractivity contribution in [3.63, 3.8) is 0 Å². The fourth-order valence-electron chi connectivity index (χ4n) is 4.64. The molecule has 13 heteroatoms. The van der Waals surface area contributed by atoms with E-state index in [1.807, 2.05) is 6.07 Å². The molecule has 2 aliphatic rings. The second kappa shape index (κ2) is 10.1. The van der Waals surface area contributed by atoms with E-state index >= 15 is 0 Å². The number of methoxy groups -OCH3 is 2. The molecule has 2 aliphatic carbocycles. The Morgan fingerprint density at radius 1 is 1.27 bits per heavy atom. The van der Waals surface area contributed by atoms with Crippen molar-refractivity contribution in [3.8, 4) is 17.2 Å². The highest BCUT2D eigenvalue weighted by Gasteiger charge is 2.51. The molecule has 4 rings (SSSR count). The Hall–Kier alpha value is -2.95. The van der Waals surface area contributed by atoms with Crippen LogP contribution in [-0.4, -0.2) is 61.8 Å². The van der Waals surface area contributed by atoms with Gasteiger partial charge in [-0.15, -0.1) is 0 Å². The third-order valence-corrected chi connectivity index (χ3v) is 9.18. The third-order valence-electron chi connectivity index (χ3n) is 6.95. The van der Waals surface area contributed by atoms with Gasteiger partial charge in [-0.25, -0.2) is 8.42 Å². The first-order chi connectivity index (χ1) is 17.4. The smallest absolute Gasteiger partial charge is 0.383 e. The maximum atomic E-state index is 14.1. The first-order valence-electron chi connectivity index (χ1n) is 11.7. The van der Waals surface area contributed by atoms with Crippen LogP contribution in [0.4, 0.5) is 13.2 Å². The van der Waals surface area contributed by atoms with Gasteiger partial charge in [0.15, 0.2) is 9.84 Å². The van der Waals surface area contributed by atoms with Crippen LogP contribution in [0.5, 0.6) is 0 Å². The Labute approximate surface area is 212 Å². The van der Waals surface area contributed by atoms with Crippen LogP contribution in [-0.2, 0) is 36.8 Å². The Morgan fingerprint density at radius 3 is 2.59 bits per heavy atom. The van der Waals surface area contributed by atoms with E-state index in [1.54, 1.807) is 6.20 Å². The van der Waals surface area contributed by atoms with Gasteiger partial charge in [0.1, 0.15) is 5.54 Å². The number of hydrogen-bond acceptors (Lipinski definition) is 7. The number of carbonyl (C=O) groups is 1. The van der Waals surface area contributed by atoms with Crippen LogP contribution in [0.25, 0.3) is 11.1 Å². The zero-order valence-corrected chi connectivity index (χ0v) is 21.1. The van der Waals surface area contributed by atoms with E-state index in [2.05, 4.69) is 10.4 Å². The summed E-state index contributed by atoms with van der Waals surface area (Å²) in [6.45, 7) is 0.772. The van der Waals surface area contributed by atoms with Crippen molar-refractivity contribution in [1.29, 1.82) is 5.26 Å². The van der Waals surface area contributed by atoms with E-state index < -0.39 is 55.2 Å². The minimum absolute atomic E-state index is 0.137. The van der Waals surface area contributed by atoms with Crippen LogP contribution in [0.2, 0.25) is 0 Å². The standard InChI is InChI=1S/C24H27F3N4O5S/c1-35-8-7-31-13-16(12-29-31)15-3-4-21(19(9-15)24(25,26)27)37(33,34)17-10-18(20(11-17)36-2)22(32)30-23(14-28)5-6-23/h3-4,9,12-13,17-18,20H,5-8,10-11H2,1-2H3,(H,30,32)/t17-,18-,20-/m0/s1. The van der Waals surface area contributed by atoms with Crippen LogP contribution < -0.4 is 5.32 Å². The number of alkyl halides is 3. The number of nitrogens with zero attached hydrogens (tertiary/aromatic N) is 3. The Bertz CT molecular complexity index is 1310. The molecule has 37 heavy (non-hydrogen) atoms. The average molecular weight is 541 g/mol. The second-order valence-corrected chi connectivity index (χ2v) is 11.6. The number of carbonyl (C=O) groups excluding carboxylic acids is 1. The average Bonchev–Trinajstić information content (AvgIpc) is 3.27. The number of ether oxygens (including phenoxy) is 2. The quantitative estimate of drug-likeness (QED) is 0.519. The van der Waals surface area contributed by atoms with E-state index in [9.17, 15) is 31.6 Å². The normalized spacial score (nSPS) is 23.0. The molecule has 0 aliphatic heterocycles. The van der Waals surface area contributed by atoms with Crippen LogP contribution in [0, 0.1) is 17.2 Å². The molecule has 0 bridgehead atoms. The molecule has 1 aromatic carbocycles. The number of nitriles is 1. The molecule has 1 heterocycles. The maximum Gasteiger partial charge on any atom is 0.417 e. The second-order valence-electron chi connectivity index (χ2n) is 9.40. The molecule has 3 atom stereocenters. The van der Waals surface area contributed by atoms with Gasteiger partial charge >= 0.3 is 6.18 Å². The summed E-state index contributed by atoms with van der Waals surface area (Å²) < 4.78 is 81.1. The molecular weight excluding hydrogens is 513 g/mol. The van der Waals surface area contributed by atoms with Gasteiger partial charge in [-0.05, 0) is 43.4 Å². The first kappa shape index (κ1) is 27.1. The molecule has 9 nitrogen and oxygen atoms in total. The molecule has 2 fully saturated rings. The molecule has 0 unspecified atom stereocenters. The summed E-state index contributed by atoms with van der Waals surface area (Å²) in [4.78, 5) is 12.0. The molecule has 0 radical (unpaired) electrons. The lowest BCUT2D eigenvalue weighted by molar-refractivity contribution is -0.139. The fourth-order valence-corrected chi connectivity index (χ4v) is 6.64. The number of benzene rings is 1. The van der Waals surface area contributed by atoms with Crippen LogP contribution in [0.15, 0.2) is 35.5 Å². The molecule has 1 N–H and O–H groups in total. The predicted molar refractivity (Wildman–Crippen MR) is 125 cm³/mol. The number of halogens is 3. The van der Waals surface area contributed by atoms with E-state index in [4.69, 9.17) is 9.47 Å². The van der Waals surface area contributed by atoms with Gasteiger partial charge in [0, 0.05) is 26.0 Å². The van der Waals surface area contributed by atoms with Crippen molar-refractivity contribution in [3.05, 3.63) is 36.2 Å². The fraction of sp³-hybridized carbons (Fsp3) is 0.542. The highest BCUT2D eigenvalue weighted by atomic mass is 32.2. The highest BCUT2D eigenvalue weighted by molar-refractivity contribution is 7.92. The van der Waals surface area contributed by atoms with Crippen LogP contribution in [0.1, 0.15) is 31.2 Å². The number of amides is 1. The van der Waals surface area contributed by atoms with Crippen molar-refractivity contribution in [2.45, 2.75) is 60.2 Å². The van der Waals surface area contributed by atoms with Crippen molar-refractivity contribution >= 4 is 15.7 Å². The number of nitrogens with one attached hydrogen (secondary N) is 1. The van der Waals surface area contributed by atoms with Gasteiger partial charge in [-0.3, -0.25) is 9.48 Å². The van der Waals surface area contributed by atoms with Crippen molar-refractivity contribution < 1.29 is 35.9 Å². The predicted octanol–water partition coefficient (Wildman–Crippen LogP) is 2.95. The summed E-state index contributed by atoms with van der Waals surface area (Å²) in [7, 11) is -1.65. The minimum Gasteiger partial charge on any atom is -0.383 e. The maximum absolute atomic E-state index is 14.1. The number of aromatic nitrogens is 2. The summed E-state index contributed by atoms with van der Waals surface area (Å²) >= 11 is 0. The summed E-state index contributed by atoms with van der Waals surface area (Å²) in [6.07, 6.45) is -2.15.